The lowest BCUT2D eigenvalue weighted by Crippen LogP contribution is -2.21. The van der Waals surface area contributed by atoms with E-state index in [0.717, 1.165) is 0 Å². The van der Waals surface area contributed by atoms with Gasteiger partial charge < -0.3 is 0 Å². The quantitative estimate of drug-likeness (QED) is 0.482. The summed E-state index contributed by atoms with van der Waals surface area (Å²) in [7, 11) is -1.10. The molecule has 0 aromatic heterocycles. The number of hydrogen-bond acceptors (Lipinski definition) is 1. The van der Waals surface area contributed by atoms with Crippen molar-refractivity contribution in [1.29, 1.82) is 0 Å². The van der Waals surface area contributed by atoms with Crippen LogP contribution in [0.5, 0.6) is 0 Å². The van der Waals surface area contributed by atoms with Crippen LogP contribution in [0, 0.1) is 5.92 Å². The highest BCUT2D eigenvalue weighted by Gasteiger charge is 2.15. The van der Waals surface area contributed by atoms with Gasteiger partial charge in [-0.15, -0.1) is 0 Å². The molecule has 0 aromatic rings. The van der Waals surface area contributed by atoms with E-state index in [1.807, 2.05) is 0 Å². The van der Waals surface area contributed by atoms with Gasteiger partial charge in [-0.1, -0.05) is 39.6 Å². The molecule has 10 heavy (non-hydrogen) atoms. The minimum absolute atomic E-state index is 0.638. The Kier molecular flexibility index (Phi) is 3.74. The number of hydrogen-bond donors (Lipinski definition) is 1. The van der Waals surface area contributed by atoms with Gasteiger partial charge in [-0.25, -0.2) is 0 Å². The average Bonchev–Trinajstić information content (AvgIpc) is 1.60. The maximum Gasteiger partial charge on any atom is 0.0849 e. The molecule has 0 amide bonds. The van der Waals surface area contributed by atoms with Crippen LogP contribution in [0.25, 0.3) is 0 Å². The normalized spacial score (nSPS) is 14.5. The summed E-state index contributed by atoms with van der Waals surface area (Å²) in [5, 5.41) is 0. The van der Waals surface area contributed by atoms with Crippen molar-refractivity contribution in [3.8, 4) is 0 Å². The molecule has 0 saturated heterocycles. The van der Waals surface area contributed by atoms with Crippen molar-refractivity contribution in [3.05, 3.63) is 10.6 Å². The minimum Gasteiger partial charge on any atom is -0.153 e. The van der Waals surface area contributed by atoms with Crippen molar-refractivity contribution in [1.82, 2.24) is 0 Å². The van der Waals surface area contributed by atoms with E-state index in [0.29, 0.717) is 5.92 Å². The Hall–Kier alpha value is 0.307. The minimum atomic E-state index is -1.10. The molecule has 0 heterocycles. The monoisotopic (exact) mass is 174 g/mol. The second-order valence-electron chi connectivity index (χ2n) is 4.05. The van der Waals surface area contributed by atoms with E-state index in [1.165, 1.54) is 4.53 Å². The van der Waals surface area contributed by atoms with Crippen molar-refractivity contribution in [2.24, 2.45) is 5.92 Å². The van der Waals surface area contributed by atoms with Gasteiger partial charge in [-0.3, -0.25) is 0 Å². The number of thiol groups is 1. The van der Waals surface area contributed by atoms with Crippen molar-refractivity contribution in [2.45, 2.75) is 33.5 Å². The van der Waals surface area contributed by atoms with Gasteiger partial charge in [0.05, 0.1) is 8.07 Å². The Morgan fingerprint density at radius 3 is 1.80 bits per heavy atom. The summed E-state index contributed by atoms with van der Waals surface area (Å²) < 4.78 is 1.32. The second kappa shape index (κ2) is 3.63. The van der Waals surface area contributed by atoms with Crippen LogP contribution in [-0.2, 0) is 0 Å². The molecule has 0 aromatic carbocycles. The van der Waals surface area contributed by atoms with Gasteiger partial charge in [0.25, 0.3) is 0 Å². The molecule has 0 rings (SSSR count). The van der Waals surface area contributed by atoms with E-state index in [1.54, 1.807) is 0 Å². The first-order valence-electron chi connectivity index (χ1n) is 3.75. The average molecular weight is 174 g/mol. The van der Waals surface area contributed by atoms with E-state index < -0.39 is 8.07 Å². The molecule has 0 saturated carbocycles. The Balaban J connectivity index is 4.20. The molecule has 2 heteroatoms. The molecular formula is C8H18SSi. The summed E-state index contributed by atoms with van der Waals surface area (Å²) >= 11 is 4.47. The van der Waals surface area contributed by atoms with Crippen LogP contribution in [0.1, 0.15) is 13.8 Å². The SMILES string of the molecule is CC(C)/C=C(\S)[Si](C)(C)C. The van der Waals surface area contributed by atoms with Gasteiger partial charge in [0, 0.05) is 0 Å². The maximum atomic E-state index is 4.47. The summed E-state index contributed by atoms with van der Waals surface area (Å²) in [6, 6.07) is 0. The lowest BCUT2D eigenvalue weighted by atomic mass is 10.2. The fourth-order valence-corrected chi connectivity index (χ4v) is 1.70. The molecule has 0 nitrogen and oxygen atoms in total. The molecule has 60 valence electrons. The zero-order valence-corrected chi connectivity index (χ0v) is 9.50. The van der Waals surface area contributed by atoms with Gasteiger partial charge in [0.2, 0.25) is 0 Å². The van der Waals surface area contributed by atoms with E-state index in [4.69, 9.17) is 0 Å². The van der Waals surface area contributed by atoms with E-state index in [2.05, 4.69) is 52.2 Å². The molecule has 0 N–H and O–H groups in total. The smallest absolute Gasteiger partial charge is 0.0849 e. The fourth-order valence-electron chi connectivity index (χ4n) is 0.566. The van der Waals surface area contributed by atoms with Crippen LogP contribution in [0.4, 0.5) is 0 Å². The first-order valence-corrected chi connectivity index (χ1v) is 7.70. The number of rotatable bonds is 2. The summed E-state index contributed by atoms with van der Waals surface area (Å²) in [5.74, 6) is 0.638. The van der Waals surface area contributed by atoms with Crippen LogP contribution < -0.4 is 0 Å². The van der Waals surface area contributed by atoms with Crippen molar-refractivity contribution >= 4 is 20.7 Å². The fraction of sp³-hybridized carbons (Fsp3) is 0.750. The molecule has 0 aliphatic rings. The third-order valence-corrected chi connectivity index (χ3v) is 5.12. The molecule has 0 unspecified atom stereocenters. The standard InChI is InChI=1S/C8H18SSi/c1-7(2)6-8(9)10(3,4)5/h6-7,9H,1-5H3/b8-6+. The van der Waals surface area contributed by atoms with Crippen molar-refractivity contribution in [2.75, 3.05) is 0 Å². The Morgan fingerprint density at radius 1 is 1.30 bits per heavy atom. The molecule has 0 aliphatic heterocycles. The zero-order valence-electron chi connectivity index (χ0n) is 7.60. The maximum absolute atomic E-state index is 4.47. The first kappa shape index (κ1) is 10.3. The summed E-state index contributed by atoms with van der Waals surface area (Å²) in [4.78, 5) is 0. The van der Waals surface area contributed by atoms with E-state index >= 15 is 0 Å². The third-order valence-electron chi connectivity index (χ3n) is 1.26. The highest BCUT2D eigenvalue weighted by Crippen LogP contribution is 2.19. The van der Waals surface area contributed by atoms with Crippen LogP contribution >= 0.6 is 12.6 Å². The highest BCUT2D eigenvalue weighted by atomic mass is 32.1. The Morgan fingerprint density at radius 2 is 1.70 bits per heavy atom. The van der Waals surface area contributed by atoms with E-state index in [-0.39, 0.29) is 0 Å². The van der Waals surface area contributed by atoms with Crippen LogP contribution in [0.15, 0.2) is 10.6 Å². The molecule has 0 radical (unpaired) electrons. The van der Waals surface area contributed by atoms with Gasteiger partial charge in [-0.05, 0) is 10.4 Å². The largest absolute Gasteiger partial charge is 0.153 e. The van der Waals surface area contributed by atoms with Gasteiger partial charge in [0.1, 0.15) is 0 Å². The Labute approximate surface area is 71.1 Å². The first-order chi connectivity index (χ1) is 4.34. The molecule has 0 aliphatic carbocycles. The second-order valence-corrected chi connectivity index (χ2v) is 9.99. The summed E-state index contributed by atoms with van der Waals surface area (Å²) in [6.07, 6.45) is 2.26. The highest BCUT2D eigenvalue weighted by molar-refractivity contribution is 7.87. The lowest BCUT2D eigenvalue weighted by molar-refractivity contribution is 0.831. The van der Waals surface area contributed by atoms with Crippen molar-refractivity contribution in [3.63, 3.8) is 0 Å². The molecular weight excluding hydrogens is 156 g/mol. The molecule has 0 bridgehead atoms. The number of allylic oxidation sites excluding steroid dienone is 1. The predicted octanol–water partition coefficient (Wildman–Crippen LogP) is 3.33. The zero-order chi connectivity index (χ0) is 8.36. The topological polar surface area (TPSA) is 0 Å². The summed E-state index contributed by atoms with van der Waals surface area (Å²) in [6.45, 7) is 11.3. The Bertz CT molecular complexity index is 131. The van der Waals surface area contributed by atoms with E-state index in [9.17, 15) is 0 Å². The lowest BCUT2D eigenvalue weighted by Gasteiger charge is -2.16. The molecule has 0 fully saturated rings. The van der Waals surface area contributed by atoms with Gasteiger partial charge >= 0.3 is 0 Å². The van der Waals surface area contributed by atoms with Crippen LogP contribution in [0.3, 0.4) is 0 Å². The van der Waals surface area contributed by atoms with Gasteiger partial charge in [-0.2, -0.15) is 12.6 Å². The third kappa shape index (κ3) is 4.17. The predicted molar refractivity (Wildman–Crippen MR) is 55.3 cm³/mol. The summed E-state index contributed by atoms with van der Waals surface area (Å²) in [5.41, 5.74) is 0. The van der Waals surface area contributed by atoms with Gasteiger partial charge in [0.15, 0.2) is 0 Å². The molecule has 0 atom stereocenters. The molecule has 0 spiro atoms. The van der Waals surface area contributed by atoms with Crippen molar-refractivity contribution < 1.29 is 0 Å². The van der Waals surface area contributed by atoms with Crippen LogP contribution in [0.2, 0.25) is 19.6 Å². The van der Waals surface area contributed by atoms with Crippen LogP contribution in [-0.4, -0.2) is 8.07 Å².